The van der Waals surface area contributed by atoms with E-state index in [0.29, 0.717) is 6.04 Å². The van der Waals surface area contributed by atoms with Gasteiger partial charge in [0.25, 0.3) is 0 Å². The fourth-order valence-corrected chi connectivity index (χ4v) is 1.05. The van der Waals surface area contributed by atoms with Crippen LogP contribution in [0.15, 0.2) is 11.1 Å². The van der Waals surface area contributed by atoms with Gasteiger partial charge < -0.3 is 0 Å². The molecule has 0 amide bonds. The Morgan fingerprint density at radius 3 is 2.60 bits per heavy atom. The summed E-state index contributed by atoms with van der Waals surface area (Å²) in [5.74, 6) is 0. The molecule has 1 aliphatic rings. The molecule has 0 aromatic heterocycles. The average molecular weight is 141 g/mol. The molecule has 0 aromatic carbocycles. The highest BCUT2D eigenvalue weighted by molar-refractivity contribution is 5.16. The molecule has 0 spiro atoms. The van der Waals surface area contributed by atoms with E-state index in [1.807, 2.05) is 12.1 Å². The maximum atomic E-state index is 5.35. The zero-order chi connectivity index (χ0) is 7.72. The number of hydrogen-bond donors (Lipinski definition) is 0. The quantitative estimate of drug-likeness (QED) is 0.475. The van der Waals surface area contributed by atoms with Gasteiger partial charge in [0.1, 0.15) is 0 Å². The van der Waals surface area contributed by atoms with Crippen molar-refractivity contribution in [3.63, 3.8) is 0 Å². The second kappa shape index (κ2) is 2.72. The van der Waals surface area contributed by atoms with Gasteiger partial charge in [-0.3, -0.25) is 4.84 Å². The number of hydrogen-bond acceptors (Lipinski definition) is 2. The van der Waals surface area contributed by atoms with E-state index >= 15 is 0 Å². The Bertz CT molecular complexity index is 163. The SMILES string of the molecule is CC1=C(C)C(C)N(C)OC1. The molecule has 58 valence electrons. The molecule has 0 radical (unpaired) electrons. The van der Waals surface area contributed by atoms with Crippen molar-refractivity contribution in [2.75, 3.05) is 13.7 Å². The summed E-state index contributed by atoms with van der Waals surface area (Å²) in [6.45, 7) is 7.20. The maximum Gasteiger partial charge on any atom is 0.0896 e. The number of nitrogens with zero attached hydrogens (tertiary/aromatic N) is 1. The predicted octanol–water partition coefficient (Wildman–Crippen LogP) is 1.59. The van der Waals surface area contributed by atoms with Crippen molar-refractivity contribution in [1.29, 1.82) is 0 Å². The third-order valence-corrected chi connectivity index (χ3v) is 2.33. The first-order valence-electron chi connectivity index (χ1n) is 3.65. The van der Waals surface area contributed by atoms with Gasteiger partial charge in [-0.15, -0.1) is 0 Å². The molecule has 0 saturated carbocycles. The highest BCUT2D eigenvalue weighted by atomic mass is 16.7. The molecule has 0 N–H and O–H groups in total. The lowest BCUT2D eigenvalue weighted by atomic mass is 10.0. The molecule has 1 heterocycles. The number of hydroxylamine groups is 2. The lowest BCUT2D eigenvalue weighted by Gasteiger charge is -2.31. The minimum absolute atomic E-state index is 0.439. The largest absolute Gasteiger partial charge is 0.294 e. The molecule has 1 rings (SSSR count). The average Bonchev–Trinajstić information content (AvgIpc) is 1.93. The zero-order valence-electron chi connectivity index (χ0n) is 7.14. The van der Waals surface area contributed by atoms with E-state index in [1.54, 1.807) is 0 Å². The predicted molar refractivity (Wildman–Crippen MR) is 41.6 cm³/mol. The molecule has 0 aromatic rings. The van der Waals surface area contributed by atoms with Crippen LogP contribution < -0.4 is 0 Å². The van der Waals surface area contributed by atoms with Crippen molar-refractivity contribution in [3.8, 4) is 0 Å². The third kappa shape index (κ3) is 1.22. The fraction of sp³-hybridized carbons (Fsp3) is 0.750. The highest BCUT2D eigenvalue weighted by Gasteiger charge is 2.18. The molecule has 0 saturated heterocycles. The van der Waals surface area contributed by atoms with Crippen LogP contribution >= 0.6 is 0 Å². The lowest BCUT2D eigenvalue weighted by Crippen LogP contribution is -2.35. The summed E-state index contributed by atoms with van der Waals surface area (Å²) < 4.78 is 0. The summed E-state index contributed by atoms with van der Waals surface area (Å²) in [4.78, 5) is 5.35. The summed E-state index contributed by atoms with van der Waals surface area (Å²) in [6, 6.07) is 0.439. The van der Waals surface area contributed by atoms with Crippen LogP contribution in [-0.4, -0.2) is 24.8 Å². The van der Waals surface area contributed by atoms with Gasteiger partial charge in [-0.05, 0) is 26.3 Å². The van der Waals surface area contributed by atoms with E-state index in [0.717, 1.165) is 6.61 Å². The zero-order valence-corrected chi connectivity index (χ0v) is 7.14. The molecule has 2 nitrogen and oxygen atoms in total. The van der Waals surface area contributed by atoms with Crippen LogP contribution in [0.2, 0.25) is 0 Å². The number of rotatable bonds is 0. The smallest absolute Gasteiger partial charge is 0.0896 e. The van der Waals surface area contributed by atoms with Gasteiger partial charge in [0, 0.05) is 7.05 Å². The standard InChI is InChI=1S/C8H15NO/c1-6-5-10-9(4)8(3)7(6)2/h8H,5H2,1-4H3. The Hall–Kier alpha value is -0.340. The summed E-state index contributed by atoms with van der Waals surface area (Å²) in [6.07, 6.45) is 0. The van der Waals surface area contributed by atoms with Gasteiger partial charge >= 0.3 is 0 Å². The Morgan fingerprint density at radius 1 is 1.50 bits per heavy atom. The van der Waals surface area contributed by atoms with Gasteiger partial charge in [-0.2, -0.15) is 5.06 Å². The van der Waals surface area contributed by atoms with Gasteiger partial charge in [0.05, 0.1) is 12.6 Å². The van der Waals surface area contributed by atoms with Gasteiger partial charge in [0.15, 0.2) is 0 Å². The summed E-state index contributed by atoms with van der Waals surface area (Å²) in [5.41, 5.74) is 2.80. The van der Waals surface area contributed by atoms with Crippen LogP contribution in [0.4, 0.5) is 0 Å². The van der Waals surface area contributed by atoms with Gasteiger partial charge in [-0.1, -0.05) is 5.57 Å². The van der Waals surface area contributed by atoms with Crippen LogP contribution in [0, 0.1) is 0 Å². The molecule has 1 unspecified atom stereocenters. The summed E-state index contributed by atoms with van der Waals surface area (Å²) in [7, 11) is 1.97. The molecule has 0 fully saturated rings. The van der Waals surface area contributed by atoms with Crippen LogP contribution in [0.25, 0.3) is 0 Å². The topological polar surface area (TPSA) is 12.5 Å². The normalized spacial score (nSPS) is 29.4. The second-order valence-electron chi connectivity index (χ2n) is 2.96. The Labute approximate surface area is 62.4 Å². The van der Waals surface area contributed by atoms with E-state index in [2.05, 4.69) is 20.8 Å². The van der Waals surface area contributed by atoms with E-state index in [-0.39, 0.29) is 0 Å². The van der Waals surface area contributed by atoms with Crippen LogP contribution in [0.1, 0.15) is 20.8 Å². The maximum absolute atomic E-state index is 5.35. The Morgan fingerprint density at radius 2 is 2.10 bits per heavy atom. The van der Waals surface area contributed by atoms with Crippen molar-refractivity contribution in [2.45, 2.75) is 26.8 Å². The number of likely N-dealkylation sites (N-methyl/N-ethyl adjacent to an activating group) is 1. The monoisotopic (exact) mass is 141 g/mol. The molecular weight excluding hydrogens is 126 g/mol. The molecule has 0 aliphatic carbocycles. The fourth-order valence-electron chi connectivity index (χ4n) is 1.05. The Kier molecular flexibility index (Phi) is 2.11. The van der Waals surface area contributed by atoms with Crippen LogP contribution in [-0.2, 0) is 4.84 Å². The van der Waals surface area contributed by atoms with Crippen LogP contribution in [0.3, 0.4) is 0 Å². The highest BCUT2D eigenvalue weighted by Crippen LogP contribution is 2.18. The first kappa shape index (κ1) is 7.76. The summed E-state index contributed by atoms with van der Waals surface area (Å²) >= 11 is 0. The third-order valence-electron chi connectivity index (χ3n) is 2.33. The van der Waals surface area contributed by atoms with Gasteiger partial charge in [-0.25, -0.2) is 0 Å². The summed E-state index contributed by atoms with van der Waals surface area (Å²) in [5, 5.41) is 1.91. The Balaban J connectivity index is 2.77. The van der Waals surface area contributed by atoms with Crippen molar-refractivity contribution in [1.82, 2.24) is 5.06 Å². The molecule has 10 heavy (non-hydrogen) atoms. The molecule has 1 aliphatic heterocycles. The molecule has 1 atom stereocenters. The van der Waals surface area contributed by atoms with E-state index in [9.17, 15) is 0 Å². The van der Waals surface area contributed by atoms with Crippen molar-refractivity contribution in [3.05, 3.63) is 11.1 Å². The van der Waals surface area contributed by atoms with E-state index < -0.39 is 0 Å². The second-order valence-corrected chi connectivity index (χ2v) is 2.96. The molecule has 0 bridgehead atoms. The molecule has 2 heteroatoms. The lowest BCUT2D eigenvalue weighted by molar-refractivity contribution is -0.156. The minimum Gasteiger partial charge on any atom is -0.294 e. The van der Waals surface area contributed by atoms with E-state index in [4.69, 9.17) is 4.84 Å². The van der Waals surface area contributed by atoms with Crippen LogP contribution in [0.5, 0.6) is 0 Å². The first-order chi connectivity index (χ1) is 4.63. The van der Waals surface area contributed by atoms with Crippen molar-refractivity contribution >= 4 is 0 Å². The van der Waals surface area contributed by atoms with Crippen molar-refractivity contribution in [2.24, 2.45) is 0 Å². The minimum atomic E-state index is 0.439. The van der Waals surface area contributed by atoms with E-state index in [1.165, 1.54) is 11.1 Å². The van der Waals surface area contributed by atoms with Gasteiger partial charge in [0.2, 0.25) is 0 Å². The molecular formula is C8H15NO. The van der Waals surface area contributed by atoms with Crippen molar-refractivity contribution < 1.29 is 4.84 Å². The first-order valence-corrected chi connectivity index (χ1v) is 3.65.